The van der Waals surface area contributed by atoms with Gasteiger partial charge in [0, 0.05) is 12.3 Å². The molecule has 5 nitrogen and oxygen atoms in total. The molecule has 0 bridgehead atoms. The molecule has 1 aromatic heterocycles. The number of unbranched alkanes of at least 4 members (excludes halogenated alkanes) is 2. The number of carboxylic acids is 1. The molecule has 5 heteroatoms. The number of rotatable bonds is 9. The Morgan fingerprint density at radius 2 is 1.79 bits per heavy atom. The summed E-state index contributed by atoms with van der Waals surface area (Å²) in [5.41, 5.74) is 3.07. The number of hydrogen-bond acceptors (Lipinski definition) is 3. The lowest BCUT2D eigenvalue weighted by molar-refractivity contribution is 0.0697. The molecule has 3 rings (SSSR count). The van der Waals surface area contributed by atoms with E-state index in [1.165, 1.54) is 12.8 Å². The van der Waals surface area contributed by atoms with Crippen LogP contribution in [0.15, 0.2) is 48.5 Å². The highest BCUT2D eigenvalue weighted by atomic mass is 16.4. The Morgan fingerprint density at radius 1 is 1.07 bits per heavy atom. The van der Waals surface area contributed by atoms with E-state index in [-0.39, 0.29) is 0 Å². The van der Waals surface area contributed by atoms with E-state index in [2.05, 4.69) is 20.8 Å². The monoisotopic (exact) mass is 391 g/mol. The van der Waals surface area contributed by atoms with Crippen LogP contribution in [-0.2, 0) is 13.0 Å². The van der Waals surface area contributed by atoms with Gasteiger partial charge in [-0.05, 0) is 29.2 Å². The van der Waals surface area contributed by atoms with E-state index < -0.39 is 5.97 Å². The third-order valence-corrected chi connectivity index (χ3v) is 5.04. The fourth-order valence-electron chi connectivity index (χ4n) is 3.37. The van der Waals surface area contributed by atoms with Crippen molar-refractivity contribution in [2.45, 2.75) is 58.9 Å². The second-order valence-electron chi connectivity index (χ2n) is 7.70. The largest absolute Gasteiger partial charge is 0.478 e. The van der Waals surface area contributed by atoms with Gasteiger partial charge in [-0.15, -0.1) is 0 Å². The maximum atomic E-state index is 11.5. The first-order chi connectivity index (χ1) is 14.0. The molecule has 0 atom stereocenters. The molecule has 152 valence electrons. The second-order valence-corrected chi connectivity index (χ2v) is 7.70. The molecule has 0 unspecified atom stereocenters. The molecule has 3 aromatic rings. The van der Waals surface area contributed by atoms with E-state index in [9.17, 15) is 9.90 Å². The molecule has 0 aliphatic rings. The maximum absolute atomic E-state index is 11.5. The van der Waals surface area contributed by atoms with Gasteiger partial charge in [-0.2, -0.15) is 5.10 Å². The molecule has 0 amide bonds. The Balaban J connectivity index is 1.82. The minimum Gasteiger partial charge on any atom is -0.478 e. The Morgan fingerprint density at radius 3 is 2.45 bits per heavy atom. The summed E-state index contributed by atoms with van der Waals surface area (Å²) in [6.07, 6.45) is 4.45. The first-order valence-corrected chi connectivity index (χ1v) is 10.3. The predicted octanol–water partition coefficient (Wildman–Crippen LogP) is 5.55. The Hall–Kier alpha value is -2.95. The van der Waals surface area contributed by atoms with Crippen molar-refractivity contribution in [1.82, 2.24) is 14.8 Å². The van der Waals surface area contributed by atoms with Crippen molar-refractivity contribution < 1.29 is 9.90 Å². The first kappa shape index (κ1) is 20.8. The van der Waals surface area contributed by atoms with Crippen LogP contribution in [0.1, 0.15) is 73.5 Å². The summed E-state index contributed by atoms with van der Waals surface area (Å²) in [5.74, 6) is 1.33. The minimum atomic E-state index is -0.912. The van der Waals surface area contributed by atoms with Crippen molar-refractivity contribution >= 4 is 5.97 Å². The summed E-state index contributed by atoms with van der Waals surface area (Å²) in [6.45, 7) is 7.10. The summed E-state index contributed by atoms with van der Waals surface area (Å²) in [6, 6.07) is 15.1. The van der Waals surface area contributed by atoms with E-state index >= 15 is 0 Å². The second kappa shape index (κ2) is 9.50. The Bertz CT molecular complexity index is 959. The Kier molecular flexibility index (Phi) is 6.81. The molecule has 0 spiro atoms. The smallest absolute Gasteiger partial charge is 0.336 e. The summed E-state index contributed by atoms with van der Waals surface area (Å²) in [4.78, 5) is 16.2. The SMILES string of the molecule is CCCCCc1nc(C(C)C)nn1Cc1ccc(-c2ccccc2C(=O)O)cc1. The lowest BCUT2D eigenvalue weighted by Gasteiger charge is -2.09. The molecular weight excluding hydrogens is 362 g/mol. The van der Waals surface area contributed by atoms with Gasteiger partial charge in [-0.25, -0.2) is 14.5 Å². The molecule has 0 fully saturated rings. The van der Waals surface area contributed by atoms with Crippen LogP contribution in [-0.4, -0.2) is 25.8 Å². The molecule has 1 heterocycles. The number of aromatic nitrogens is 3. The van der Waals surface area contributed by atoms with Crippen molar-refractivity contribution in [1.29, 1.82) is 0 Å². The molecular formula is C24H29N3O2. The standard InChI is InChI=1S/C24H29N3O2/c1-4-5-6-11-22-25-23(17(2)3)26-27(22)16-18-12-14-19(15-13-18)20-9-7-8-10-21(20)24(28)29/h7-10,12-15,17H,4-6,11,16H2,1-3H3,(H,28,29). The molecule has 0 saturated carbocycles. The number of aryl methyl sites for hydroxylation is 1. The molecule has 2 aromatic carbocycles. The normalized spacial score (nSPS) is 11.2. The molecule has 29 heavy (non-hydrogen) atoms. The van der Waals surface area contributed by atoms with E-state index in [0.29, 0.717) is 18.0 Å². The van der Waals surface area contributed by atoms with Crippen molar-refractivity contribution in [2.75, 3.05) is 0 Å². The van der Waals surface area contributed by atoms with Gasteiger partial charge < -0.3 is 5.11 Å². The van der Waals surface area contributed by atoms with Crippen LogP contribution in [0.2, 0.25) is 0 Å². The maximum Gasteiger partial charge on any atom is 0.336 e. The van der Waals surface area contributed by atoms with Gasteiger partial charge in [-0.1, -0.05) is 76.1 Å². The molecule has 0 aliphatic carbocycles. The quantitative estimate of drug-likeness (QED) is 0.486. The molecule has 1 N–H and O–H groups in total. The van der Waals surface area contributed by atoms with Crippen molar-refractivity contribution in [3.05, 3.63) is 71.3 Å². The van der Waals surface area contributed by atoms with Gasteiger partial charge in [0.05, 0.1) is 12.1 Å². The zero-order valence-electron chi connectivity index (χ0n) is 17.4. The number of hydrogen-bond donors (Lipinski definition) is 1. The van der Waals surface area contributed by atoms with Gasteiger partial charge in [0.2, 0.25) is 0 Å². The first-order valence-electron chi connectivity index (χ1n) is 10.3. The van der Waals surface area contributed by atoms with Crippen molar-refractivity contribution in [2.24, 2.45) is 0 Å². The fraction of sp³-hybridized carbons (Fsp3) is 0.375. The van der Waals surface area contributed by atoms with Crippen LogP contribution in [0.25, 0.3) is 11.1 Å². The predicted molar refractivity (Wildman–Crippen MR) is 115 cm³/mol. The summed E-state index contributed by atoms with van der Waals surface area (Å²) >= 11 is 0. The van der Waals surface area contributed by atoms with Gasteiger partial charge in [0.15, 0.2) is 5.82 Å². The number of carbonyl (C=O) groups is 1. The minimum absolute atomic E-state index is 0.302. The number of nitrogens with zero attached hydrogens (tertiary/aromatic N) is 3. The molecule has 0 saturated heterocycles. The highest BCUT2D eigenvalue weighted by Crippen LogP contribution is 2.24. The van der Waals surface area contributed by atoms with Gasteiger partial charge >= 0.3 is 5.97 Å². The summed E-state index contributed by atoms with van der Waals surface area (Å²) < 4.78 is 2.02. The fourth-order valence-corrected chi connectivity index (χ4v) is 3.37. The summed E-state index contributed by atoms with van der Waals surface area (Å²) in [5, 5.41) is 14.2. The van der Waals surface area contributed by atoms with E-state index in [1.807, 2.05) is 41.1 Å². The van der Waals surface area contributed by atoms with Crippen LogP contribution in [0.5, 0.6) is 0 Å². The van der Waals surface area contributed by atoms with E-state index in [1.54, 1.807) is 12.1 Å². The van der Waals surface area contributed by atoms with E-state index in [0.717, 1.165) is 41.2 Å². The molecule has 0 radical (unpaired) electrons. The van der Waals surface area contributed by atoms with Gasteiger partial charge in [-0.3, -0.25) is 0 Å². The number of benzene rings is 2. The van der Waals surface area contributed by atoms with Crippen molar-refractivity contribution in [3.63, 3.8) is 0 Å². The highest BCUT2D eigenvalue weighted by molar-refractivity contribution is 5.95. The summed E-state index contributed by atoms with van der Waals surface area (Å²) in [7, 11) is 0. The lowest BCUT2D eigenvalue weighted by Crippen LogP contribution is -2.07. The number of aromatic carboxylic acids is 1. The van der Waals surface area contributed by atoms with Crippen LogP contribution in [0.3, 0.4) is 0 Å². The lowest BCUT2D eigenvalue weighted by atomic mass is 9.99. The van der Waals surface area contributed by atoms with Crippen molar-refractivity contribution in [3.8, 4) is 11.1 Å². The van der Waals surface area contributed by atoms with Crippen LogP contribution in [0.4, 0.5) is 0 Å². The highest BCUT2D eigenvalue weighted by Gasteiger charge is 2.14. The van der Waals surface area contributed by atoms with Crippen LogP contribution < -0.4 is 0 Å². The average Bonchev–Trinajstić information content (AvgIpc) is 3.12. The zero-order chi connectivity index (χ0) is 20.8. The van der Waals surface area contributed by atoms with Crippen LogP contribution >= 0.6 is 0 Å². The third-order valence-electron chi connectivity index (χ3n) is 5.04. The zero-order valence-corrected chi connectivity index (χ0v) is 17.4. The van der Waals surface area contributed by atoms with Crippen LogP contribution in [0, 0.1) is 0 Å². The van der Waals surface area contributed by atoms with E-state index in [4.69, 9.17) is 10.1 Å². The van der Waals surface area contributed by atoms with Gasteiger partial charge in [0.25, 0.3) is 0 Å². The Labute approximate surface area is 172 Å². The topological polar surface area (TPSA) is 68.0 Å². The third kappa shape index (κ3) is 5.11. The number of carboxylic acid groups (broad SMARTS) is 1. The molecule has 0 aliphatic heterocycles. The average molecular weight is 392 g/mol. The van der Waals surface area contributed by atoms with Gasteiger partial charge in [0.1, 0.15) is 5.82 Å².